The SMILES string of the molecule is Cc1ccc([C@H](C#N)N2CCC(C)CC2)o1. The fraction of sp³-hybridized carbons (Fsp3) is 0.615. The molecule has 3 nitrogen and oxygen atoms in total. The minimum Gasteiger partial charge on any atom is -0.464 e. The molecule has 1 aromatic heterocycles. The van der Waals surface area contributed by atoms with E-state index < -0.39 is 0 Å². The molecule has 1 saturated heterocycles. The van der Waals surface area contributed by atoms with Crippen molar-refractivity contribution in [3.63, 3.8) is 0 Å². The lowest BCUT2D eigenvalue weighted by molar-refractivity contribution is 0.151. The maximum Gasteiger partial charge on any atom is 0.156 e. The van der Waals surface area contributed by atoms with Gasteiger partial charge in [0.25, 0.3) is 0 Å². The Kier molecular flexibility index (Phi) is 3.31. The summed E-state index contributed by atoms with van der Waals surface area (Å²) in [6, 6.07) is 5.98. The van der Waals surface area contributed by atoms with Gasteiger partial charge in [-0.1, -0.05) is 6.92 Å². The van der Waals surface area contributed by atoms with Crippen LogP contribution in [0.1, 0.15) is 37.3 Å². The normalized spacial score (nSPS) is 20.6. The van der Waals surface area contributed by atoms with E-state index in [4.69, 9.17) is 4.42 Å². The predicted octanol–water partition coefficient (Wildman–Crippen LogP) is 2.88. The Morgan fingerprint density at radius 1 is 1.44 bits per heavy atom. The van der Waals surface area contributed by atoms with Gasteiger partial charge in [-0.05, 0) is 37.8 Å². The maximum atomic E-state index is 9.26. The molecule has 1 aliphatic heterocycles. The molecule has 16 heavy (non-hydrogen) atoms. The molecule has 0 bridgehead atoms. The van der Waals surface area contributed by atoms with Gasteiger partial charge >= 0.3 is 0 Å². The first-order valence-electron chi connectivity index (χ1n) is 5.90. The quantitative estimate of drug-likeness (QED) is 0.766. The highest BCUT2D eigenvalue weighted by Gasteiger charge is 2.26. The molecule has 2 rings (SSSR count). The van der Waals surface area contributed by atoms with E-state index in [2.05, 4.69) is 17.9 Å². The Labute approximate surface area is 96.7 Å². The number of likely N-dealkylation sites (tertiary alicyclic amines) is 1. The molecule has 0 amide bonds. The molecule has 0 saturated carbocycles. The second-order valence-corrected chi connectivity index (χ2v) is 4.70. The highest BCUT2D eigenvalue weighted by atomic mass is 16.3. The summed E-state index contributed by atoms with van der Waals surface area (Å²) in [6.45, 7) is 6.18. The molecular formula is C13H18N2O. The fourth-order valence-electron chi connectivity index (χ4n) is 2.21. The van der Waals surface area contributed by atoms with Gasteiger partial charge in [-0.2, -0.15) is 5.26 Å². The van der Waals surface area contributed by atoms with E-state index in [1.807, 2.05) is 19.1 Å². The van der Waals surface area contributed by atoms with Crippen LogP contribution in [0.2, 0.25) is 0 Å². The molecule has 0 N–H and O–H groups in total. The third-order valence-electron chi connectivity index (χ3n) is 3.34. The lowest BCUT2D eigenvalue weighted by Gasteiger charge is -2.32. The number of nitriles is 1. The third kappa shape index (κ3) is 2.28. The molecule has 1 fully saturated rings. The molecule has 0 spiro atoms. The Hall–Kier alpha value is -1.27. The summed E-state index contributed by atoms with van der Waals surface area (Å²) in [5, 5.41) is 9.26. The molecule has 3 heteroatoms. The number of hydrogen-bond donors (Lipinski definition) is 0. The van der Waals surface area contributed by atoms with Crippen molar-refractivity contribution >= 4 is 0 Å². The van der Waals surface area contributed by atoms with Gasteiger partial charge in [0.1, 0.15) is 11.5 Å². The zero-order valence-electron chi connectivity index (χ0n) is 9.94. The van der Waals surface area contributed by atoms with Gasteiger partial charge < -0.3 is 4.42 Å². The number of aryl methyl sites for hydroxylation is 1. The molecule has 0 radical (unpaired) electrons. The van der Waals surface area contributed by atoms with Gasteiger partial charge in [0.15, 0.2) is 6.04 Å². The summed E-state index contributed by atoms with van der Waals surface area (Å²) < 4.78 is 5.55. The summed E-state index contributed by atoms with van der Waals surface area (Å²) in [7, 11) is 0. The minimum absolute atomic E-state index is 0.207. The standard InChI is InChI=1S/C13H18N2O/c1-10-5-7-15(8-6-10)12(9-14)13-4-3-11(2)16-13/h3-4,10,12H,5-8H2,1-2H3/t12-/m0/s1. The molecule has 1 aromatic rings. The van der Waals surface area contributed by atoms with Crippen LogP contribution in [0.25, 0.3) is 0 Å². The highest BCUT2D eigenvalue weighted by molar-refractivity contribution is 5.16. The number of nitrogens with zero attached hydrogens (tertiary/aromatic N) is 2. The molecule has 1 atom stereocenters. The van der Waals surface area contributed by atoms with Gasteiger partial charge in [0, 0.05) is 13.1 Å². The molecule has 86 valence electrons. The Balaban J connectivity index is 2.09. The van der Waals surface area contributed by atoms with Gasteiger partial charge in [-0.25, -0.2) is 0 Å². The van der Waals surface area contributed by atoms with Crippen molar-refractivity contribution in [3.8, 4) is 6.07 Å². The summed E-state index contributed by atoms with van der Waals surface area (Å²) >= 11 is 0. The fourth-order valence-corrected chi connectivity index (χ4v) is 2.21. The number of hydrogen-bond acceptors (Lipinski definition) is 3. The number of furan rings is 1. The second-order valence-electron chi connectivity index (χ2n) is 4.70. The Morgan fingerprint density at radius 3 is 2.62 bits per heavy atom. The molecular weight excluding hydrogens is 200 g/mol. The molecule has 0 unspecified atom stereocenters. The topological polar surface area (TPSA) is 40.2 Å². The minimum atomic E-state index is -0.207. The van der Waals surface area contributed by atoms with Crippen LogP contribution >= 0.6 is 0 Å². The zero-order chi connectivity index (χ0) is 11.5. The van der Waals surface area contributed by atoms with Crippen LogP contribution in [0.4, 0.5) is 0 Å². The van der Waals surface area contributed by atoms with Crippen molar-refractivity contribution < 1.29 is 4.42 Å². The van der Waals surface area contributed by atoms with Crippen molar-refractivity contribution in [2.75, 3.05) is 13.1 Å². The van der Waals surface area contributed by atoms with Crippen LogP contribution in [0.5, 0.6) is 0 Å². The van der Waals surface area contributed by atoms with Crippen LogP contribution in [0, 0.1) is 24.2 Å². The third-order valence-corrected chi connectivity index (χ3v) is 3.34. The van der Waals surface area contributed by atoms with Crippen LogP contribution in [0.15, 0.2) is 16.5 Å². The summed E-state index contributed by atoms with van der Waals surface area (Å²) in [6.07, 6.45) is 2.36. The monoisotopic (exact) mass is 218 g/mol. The van der Waals surface area contributed by atoms with E-state index >= 15 is 0 Å². The second kappa shape index (κ2) is 4.71. The van der Waals surface area contributed by atoms with Gasteiger partial charge in [-0.15, -0.1) is 0 Å². The summed E-state index contributed by atoms with van der Waals surface area (Å²) in [5.41, 5.74) is 0. The van der Waals surface area contributed by atoms with E-state index in [0.717, 1.165) is 30.5 Å². The van der Waals surface area contributed by atoms with Gasteiger partial charge in [-0.3, -0.25) is 4.90 Å². The maximum absolute atomic E-state index is 9.26. The van der Waals surface area contributed by atoms with Crippen molar-refractivity contribution in [3.05, 3.63) is 23.7 Å². The average molecular weight is 218 g/mol. The van der Waals surface area contributed by atoms with Crippen molar-refractivity contribution in [2.24, 2.45) is 5.92 Å². The molecule has 0 aromatic carbocycles. The zero-order valence-corrected chi connectivity index (χ0v) is 9.94. The van der Waals surface area contributed by atoms with E-state index in [9.17, 15) is 5.26 Å². The summed E-state index contributed by atoms with van der Waals surface area (Å²) in [5.74, 6) is 2.45. The predicted molar refractivity (Wildman–Crippen MR) is 61.8 cm³/mol. The van der Waals surface area contributed by atoms with Crippen molar-refractivity contribution in [2.45, 2.75) is 32.7 Å². The molecule has 0 aliphatic carbocycles. The Morgan fingerprint density at radius 2 is 2.12 bits per heavy atom. The van der Waals surface area contributed by atoms with Crippen LogP contribution in [-0.4, -0.2) is 18.0 Å². The van der Waals surface area contributed by atoms with Crippen molar-refractivity contribution in [1.29, 1.82) is 5.26 Å². The number of rotatable bonds is 2. The lowest BCUT2D eigenvalue weighted by atomic mass is 9.98. The smallest absolute Gasteiger partial charge is 0.156 e. The first kappa shape index (κ1) is 11.2. The summed E-state index contributed by atoms with van der Waals surface area (Å²) in [4.78, 5) is 2.22. The van der Waals surface area contributed by atoms with E-state index in [1.165, 1.54) is 12.8 Å². The highest BCUT2D eigenvalue weighted by Crippen LogP contribution is 2.27. The molecule has 1 aliphatic rings. The van der Waals surface area contributed by atoms with Crippen molar-refractivity contribution in [1.82, 2.24) is 4.90 Å². The van der Waals surface area contributed by atoms with Crippen LogP contribution in [0.3, 0.4) is 0 Å². The van der Waals surface area contributed by atoms with Crippen LogP contribution < -0.4 is 0 Å². The Bertz CT molecular complexity index is 383. The average Bonchev–Trinajstić information content (AvgIpc) is 2.69. The largest absolute Gasteiger partial charge is 0.464 e. The lowest BCUT2D eigenvalue weighted by Crippen LogP contribution is -2.35. The first-order valence-corrected chi connectivity index (χ1v) is 5.90. The van der Waals surface area contributed by atoms with Gasteiger partial charge in [0.05, 0.1) is 6.07 Å². The van der Waals surface area contributed by atoms with E-state index in [0.29, 0.717) is 0 Å². The molecule has 2 heterocycles. The van der Waals surface area contributed by atoms with E-state index in [1.54, 1.807) is 0 Å². The number of piperidine rings is 1. The van der Waals surface area contributed by atoms with E-state index in [-0.39, 0.29) is 6.04 Å². The van der Waals surface area contributed by atoms with Crippen LogP contribution in [-0.2, 0) is 0 Å². The first-order chi connectivity index (χ1) is 7.70. The van der Waals surface area contributed by atoms with Gasteiger partial charge in [0.2, 0.25) is 0 Å².